The van der Waals surface area contributed by atoms with Crippen LogP contribution in [-0.2, 0) is 19.1 Å². The number of ether oxygens (including phenoxy) is 1. The van der Waals surface area contributed by atoms with Crippen molar-refractivity contribution < 1.29 is 24.2 Å². The molecular formula is C5H6O5. The highest BCUT2D eigenvalue weighted by Crippen LogP contribution is 1.79. The lowest BCUT2D eigenvalue weighted by Gasteiger charge is -1.95. The number of Topliss-reactive ketones (excluding diaryl/α,β-unsaturated/α-hetero) is 1. The van der Waals surface area contributed by atoms with Gasteiger partial charge in [-0.3, -0.25) is 4.79 Å². The van der Waals surface area contributed by atoms with Gasteiger partial charge in [-0.1, -0.05) is 0 Å². The fraction of sp³-hybridized carbons (Fsp3) is 0.400. The Morgan fingerprint density at radius 1 is 1.40 bits per heavy atom. The molecule has 0 aliphatic heterocycles. The molecule has 0 aliphatic rings. The number of carbonyl (C=O) groups excluding carboxylic acids is 2. The Morgan fingerprint density at radius 2 is 1.90 bits per heavy atom. The first-order valence-electron chi connectivity index (χ1n) is 2.43. The number of esters is 1. The van der Waals surface area contributed by atoms with Gasteiger partial charge < -0.3 is 9.84 Å². The second-order valence-corrected chi connectivity index (χ2v) is 1.53. The molecule has 0 aromatic carbocycles. The second-order valence-electron chi connectivity index (χ2n) is 1.53. The van der Waals surface area contributed by atoms with E-state index in [0.717, 1.165) is 6.92 Å². The number of carboxylic acids is 1. The van der Waals surface area contributed by atoms with E-state index in [9.17, 15) is 14.4 Å². The molecule has 5 nitrogen and oxygen atoms in total. The van der Waals surface area contributed by atoms with Crippen LogP contribution in [0.2, 0.25) is 0 Å². The fourth-order valence-electron chi connectivity index (χ4n) is 0.229. The van der Waals surface area contributed by atoms with Gasteiger partial charge in [0.25, 0.3) is 0 Å². The van der Waals surface area contributed by atoms with E-state index in [1.807, 2.05) is 0 Å². The molecule has 0 radical (unpaired) electrons. The summed E-state index contributed by atoms with van der Waals surface area (Å²) >= 11 is 0. The monoisotopic (exact) mass is 146 g/mol. The highest BCUT2D eigenvalue weighted by Gasteiger charge is 2.09. The van der Waals surface area contributed by atoms with Crippen LogP contribution in [0.1, 0.15) is 6.92 Å². The smallest absolute Gasteiger partial charge is 0.374 e. The number of carbonyl (C=O) groups is 3. The van der Waals surface area contributed by atoms with Crippen LogP contribution in [0.3, 0.4) is 0 Å². The van der Waals surface area contributed by atoms with Gasteiger partial charge in [-0.2, -0.15) is 0 Å². The van der Waals surface area contributed by atoms with Crippen molar-refractivity contribution in [2.24, 2.45) is 0 Å². The van der Waals surface area contributed by atoms with Gasteiger partial charge in [0, 0.05) is 6.92 Å². The lowest BCUT2D eigenvalue weighted by atomic mass is 10.5. The Hall–Kier alpha value is -1.39. The van der Waals surface area contributed by atoms with Crippen LogP contribution < -0.4 is 0 Å². The van der Waals surface area contributed by atoms with E-state index >= 15 is 0 Å². The van der Waals surface area contributed by atoms with Gasteiger partial charge in [0.15, 0.2) is 6.61 Å². The molecule has 56 valence electrons. The molecule has 5 heteroatoms. The zero-order valence-electron chi connectivity index (χ0n) is 5.29. The van der Waals surface area contributed by atoms with E-state index in [4.69, 9.17) is 5.11 Å². The van der Waals surface area contributed by atoms with Crippen LogP contribution in [0, 0.1) is 0 Å². The minimum atomic E-state index is -1.28. The predicted molar refractivity (Wildman–Crippen MR) is 29.3 cm³/mol. The summed E-state index contributed by atoms with van der Waals surface area (Å²) in [6, 6.07) is 0. The molecule has 0 saturated heterocycles. The second kappa shape index (κ2) is 3.60. The molecule has 10 heavy (non-hydrogen) atoms. The van der Waals surface area contributed by atoms with Crippen molar-refractivity contribution in [1.29, 1.82) is 0 Å². The van der Waals surface area contributed by atoms with Gasteiger partial charge in [0.05, 0.1) is 0 Å². The van der Waals surface area contributed by atoms with Crippen molar-refractivity contribution in [3.63, 3.8) is 0 Å². The summed E-state index contributed by atoms with van der Waals surface area (Å²) in [6.45, 7) is 0.239. The van der Waals surface area contributed by atoms with Gasteiger partial charge in [-0.15, -0.1) is 0 Å². The number of hydrogen-bond donors (Lipinski definition) is 1. The van der Waals surface area contributed by atoms with E-state index < -0.39 is 24.3 Å². The molecule has 0 atom stereocenters. The predicted octanol–water partition coefficient (Wildman–Crippen LogP) is -0.797. The first kappa shape index (κ1) is 8.61. The van der Waals surface area contributed by atoms with Crippen LogP contribution >= 0.6 is 0 Å². The van der Waals surface area contributed by atoms with E-state index in [2.05, 4.69) is 4.74 Å². The third-order valence-corrected chi connectivity index (χ3v) is 0.614. The first-order valence-corrected chi connectivity index (χ1v) is 2.43. The summed E-state index contributed by atoms with van der Waals surface area (Å²) in [7, 11) is 0. The number of hydrogen-bond acceptors (Lipinski definition) is 4. The average Bonchev–Trinajstić information content (AvgIpc) is 1.82. The van der Waals surface area contributed by atoms with Crippen LogP contribution in [0.25, 0.3) is 0 Å². The zero-order chi connectivity index (χ0) is 8.15. The summed E-state index contributed by atoms with van der Waals surface area (Å²) < 4.78 is 3.98. The third-order valence-electron chi connectivity index (χ3n) is 0.614. The zero-order valence-corrected chi connectivity index (χ0v) is 5.29. The molecule has 0 fully saturated rings. The number of aliphatic carboxylic acids is 1. The quantitative estimate of drug-likeness (QED) is 0.416. The Balaban J connectivity index is 3.60. The largest absolute Gasteiger partial charge is 0.479 e. The Morgan fingerprint density at radius 3 is 2.20 bits per heavy atom. The van der Waals surface area contributed by atoms with Crippen molar-refractivity contribution in [3.8, 4) is 0 Å². The lowest BCUT2D eigenvalue weighted by Crippen LogP contribution is -2.18. The topological polar surface area (TPSA) is 80.7 Å². The van der Waals surface area contributed by atoms with Gasteiger partial charge in [0.2, 0.25) is 5.78 Å². The summed E-state index contributed by atoms with van der Waals surface area (Å²) in [4.78, 5) is 30.0. The Bertz CT molecular complexity index is 171. The van der Waals surface area contributed by atoms with Gasteiger partial charge in [0.1, 0.15) is 0 Å². The molecule has 0 rings (SSSR count). The molecule has 0 aromatic heterocycles. The van der Waals surface area contributed by atoms with Gasteiger partial charge in [-0.05, 0) is 0 Å². The first-order chi connectivity index (χ1) is 4.54. The SMILES string of the molecule is CC(=O)C(=O)OCC(=O)O. The van der Waals surface area contributed by atoms with Crippen LogP contribution in [0.4, 0.5) is 0 Å². The van der Waals surface area contributed by atoms with E-state index in [1.54, 1.807) is 0 Å². The highest BCUT2D eigenvalue weighted by atomic mass is 16.6. The van der Waals surface area contributed by atoms with Gasteiger partial charge >= 0.3 is 11.9 Å². The molecule has 0 amide bonds. The van der Waals surface area contributed by atoms with Crippen molar-refractivity contribution in [2.75, 3.05) is 6.61 Å². The Kier molecular flexibility index (Phi) is 3.10. The maximum Gasteiger partial charge on any atom is 0.374 e. The van der Waals surface area contributed by atoms with Crippen molar-refractivity contribution in [2.45, 2.75) is 6.92 Å². The lowest BCUT2D eigenvalue weighted by molar-refractivity contribution is -0.159. The van der Waals surface area contributed by atoms with Crippen LogP contribution in [-0.4, -0.2) is 29.4 Å². The summed E-state index contributed by atoms with van der Waals surface area (Å²) in [6.07, 6.45) is 0. The molecule has 0 aliphatic carbocycles. The summed E-state index contributed by atoms with van der Waals surface area (Å²) in [5, 5.41) is 7.96. The number of ketones is 1. The van der Waals surface area contributed by atoms with Crippen LogP contribution in [0.5, 0.6) is 0 Å². The van der Waals surface area contributed by atoms with E-state index in [1.165, 1.54) is 0 Å². The minimum Gasteiger partial charge on any atom is -0.479 e. The normalized spacial score (nSPS) is 8.50. The third kappa shape index (κ3) is 3.59. The standard InChI is InChI=1S/C5H6O5/c1-3(6)5(9)10-2-4(7)8/h2H2,1H3,(H,7,8). The van der Waals surface area contributed by atoms with E-state index in [0.29, 0.717) is 0 Å². The Labute approximate surface area is 56.6 Å². The molecule has 0 aromatic rings. The van der Waals surface area contributed by atoms with E-state index in [-0.39, 0.29) is 0 Å². The molecule has 0 unspecified atom stereocenters. The summed E-state index contributed by atoms with van der Waals surface area (Å²) in [5.74, 6) is -3.21. The van der Waals surface area contributed by atoms with Gasteiger partial charge in [-0.25, -0.2) is 9.59 Å². The molecule has 0 spiro atoms. The fourth-order valence-corrected chi connectivity index (χ4v) is 0.229. The number of rotatable bonds is 3. The molecule has 0 saturated carbocycles. The molecular weight excluding hydrogens is 140 g/mol. The maximum absolute atomic E-state index is 10.2. The maximum atomic E-state index is 10.2. The molecule has 1 N–H and O–H groups in total. The molecule has 0 heterocycles. The van der Waals surface area contributed by atoms with Crippen molar-refractivity contribution in [1.82, 2.24) is 0 Å². The van der Waals surface area contributed by atoms with Crippen molar-refractivity contribution >= 4 is 17.7 Å². The van der Waals surface area contributed by atoms with Crippen molar-refractivity contribution in [3.05, 3.63) is 0 Å². The highest BCUT2D eigenvalue weighted by molar-refractivity contribution is 6.32. The average molecular weight is 146 g/mol. The van der Waals surface area contributed by atoms with Crippen LogP contribution in [0.15, 0.2) is 0 Å². The summed E-state index contributed by atoms with van der Waals surface area (Å²) in [5.41, 5.74) is 0. The molecule has 0 bridgehead atoms. The minimum absolute atomic E-state index is 0.765. The number of carboxylic acid groups (broad SMARTS) is 1.